The molecule has 1 atom stereocenters. The minimum absolute atomic E-state index is 0.260. The fourth-order valence-corrected chi connectivity index (χ4v) is 0.859. The number of hydrogen-bond acceptors (Lipinski definition) is 2. The highest BCUT2D eigenvalue weighted by molar-refractivity contribution is 4.56. The molecule has 3 nitrogen and oxygen atoms in total. The molecule has 9 heavy (non-hydrogen) atoms. The van der Waals surface area contributed by atoms with Gasteiger partial charge in [0.25, 0.3) is 0 Å². The summed E-state index contributed by atoms with van der Waals surface area (Å²) in [6, 6.07) is 0. The molecule has 0 radical (unpaired) electrons. The molecule has 1 aliphatic heterocycles. The Balaban J connectivity index is 2.08. The Labute approximate surface area is 55.3 Å². The molecule has 1 heterocycles. The van der Waals surface area contributed by atoms with Gasteiger partial charge < -0.3 is 14.8 Å². The molecule has 1 rings (SSSR count). The maximum atomic E-state index is 5.32. The average Bonchev–Trinajstić information content (AvgIpc) is 1.91. The van der Waals surface area contributed by atoms with Crippen LogP contribution >= 0.6 is 0 Å². The topological polar surface area (TPSA) is 35.1 Å². The van der Waals surface area contributed by atoms with Crippen LogP contribution in [-0.2, 0) is 9.47 Å². The van der Waals surface area contributed by atoms with Gasteiger partial charge in [0.1, 0.15) is 6.10 Å². The SMILES string of the molecule is [CH2-][NH2+]CC1COCCO1. The standard InChI is InChI=1S/C6H13NO2/c1-7-4-6-5-8-2-3-9-6/h6H,1-5,7H2. The van der Waals surface area contributed by atoms with E-state index in [9.17, 15) is 0 Å². The van der Waals surface area contributed by atoms with E-state index in [2.05, 4.69) is 7.05 Å². The first-order valence-electron chi connectivity index (χ1n) is 3.23. The maximum Gasteiger partial charge on any atom is 0.127 e. The van der Waals surface area contributed by atoms with Gasteiger partial charge >= 0.3 is 0 Å². The lowest BCUT2D eigenvalue weighted by atomic mass is 10.3. The maximum absolute atomic E-state index is 5.32. The largest absolute Gasteiger partial charge is 0.477 e. The Morgan fingerprint density at radius 1 is 1.56 bits per heavy atom. The van der Waals surface area contributed by atoms with Crippen molar-refractivity contribution in [2.75, 3.05) is 26.4 Å². The summed E-state index contributed by atoms with van der Waals surface area (Å²) in [4.78, 5) is 0. The van der Waals surface area contributed by atoms with Crippen molar-refractivity contribution in [3.05, 3.63) is 7.05 Å². The van der Waals surface area contributed by atoms with Crippen LogP contribution in [0.25, 0.3) is 0 Å². The molecular weight excluding hydrogens is 118 g/mol. The summed E-state index contributed by atoms with van der Waals surface area (Å²) in [5.74, 6) is 0. The van der Waals surface area contributed by atoms with E-state index in [0.717, 1.165) is 26.4 Å². The Bertz CT molecular complexity index is 68.7. The molecule has 1 fully saturated rings. The monoisotopic (exact) mass is 131 g/mol. The van der Waals surface area contributed by atoms with Crippen LogP contribution in [0.3, 0.4) is 0 Å². The third-order valence-electron chi connectivity index (χ3n) is 1.31. The lowest BCUT2D eigenvalue weighted by molar-refractivity contribution is -0.605. The Kier molecular flexibility index (Phi) is 2.97. The third-order valence-corrected chi connectivity index (χ3v) is 1.31. The first kappa shape index (κ1) is 6.99. The zero-order valence-corrected chi connectivity index (χ0v) is 5.51. The molecule has 0 aliphatic carbocycles. The fraction of sp³-hybridized carbons (Fsp3) is 0.833. The molecule has 0 amide bonds. The van der Waals surface area contributed by atoms with Crippen LogP contribution in [-0.4, -0.2) is 32.5 Å². The van der Waals surface area contributed by atoms with Crippen LogP contribution in [0.2, 0.25) is 0 Å². The predicted octanol–water partition coefficient (Wildman–Crippen LogP) is -1.24. The van der Waals surface area contributed by atoms with Gasteiger partial charge in [0, 0.05) is 0 Å². The number of ether oxygens (including phenoxy) is 2. The van der Waals surface area contributed by atoms with Crippen molar-refractivity contribution in [1.82, 2.24) is 0 Å². The number of rotatable bonds is 2. The van der Waals surface area contributed by atoms with E-state index in [0.29, 0.717) is 0 Å². The summed E-state index contributed by atoms with van der Waals surface area (Å²) in [6.07, 6.45) is 0.260. The van der Waals surface area contributed by atoms with Crippen LogP contribution in [0, 0.1) is 7.05 Å². The van der Waals surface area contributed by atoms with E-state index in [1.807, 2.05) is 5.32 Å². The van der Waals surface area contributed by atoms with Gasteiger partial charge in [-0.15, -0.1) is 0 Å². The number of quaternary nitrogens is 1. The van der Waals surface area contributed by atoms with Crippen LogP contribution in [0.5, 0.6) is 0 Å². The van der Waals surface area contributed by atoms with Gasteiger partial charge in [-0.2, -0.15) is 7.05 Å². The van der Waals surface area contributed by atoms with E-state index in [1.165, 1.54) is 0 Å². The van der Waals surface area contributed by atoms with Gasteiger partial charge in [-0.25, -0.2) is 0 Å². The molecule has 2 N–H and O–H groups in total. The molecule has 0 aromatic rings. The van der Waals surface area contributed by atoms with Gasteiger partial charge in [-0.1, -0.05) is 0 Å². The quantitative estimate of drug-likeness (QED) is 0.476. The molecule has 3 heteroatoms. The van der Waals surface area contributed by atoms with Gasteiger partial charge in [0.05, 0.1) is 26.4 Å². The molecule has 0 saturated carbocycles. The van der Waals surface area contributed by atoms with Gasteiger partial charge in [-0.05, 0) is 0 Å². The van der Waals surface area contributed by atoms with Crippen LogP contribution in [0.1, 0.15) is 0 Å². The Morgan fingerprint density at radius 2 is 2.44 bits per heavy atom. The first-order chi connectivity index (χ1) is 4.43. The molecule has 1 aliphatic rings. The minimum atomic E-state index is 0.260. The zero-order valence-electron chi connectivity index (χ0n) is 5.51. The molecular formula is C6H13NO2. The molecule has 0 aromatic heterocycles. The van der Waals surface area contributed by atoms with Gasteiger partial charge in [0.15, 0.2) is 0 Å². The number of hydrogen-bond donors (Lipinski definition) is 1. The molecule has 1 saturated heterocycles. The van der Waals surface area contributed by atoms with E-state index in [4.69, 9.17) is 9.47 Å². The lowest BCUT2D eigenvalue weighted by Gasteiger charge is -2.21. The summed E-state index contributed by atoms with van der Waals surface area (Å²) in [7, 11) is 3.62. The minimum Gasteiger partial charge on any atom is -0.477 e. The Hall–Kier alpha value is -0.120. The van der Waals surface area contributed by atoms with Crippen LogP contribution in [0.4, 0.5) is 0 Å². The van der Waals surface area contributed by atoms with Crippen molar-refractivity contribution in [1.29, 1.82) is 0 Å². The summed E-state index contributed by atoms with van der Waals surface area (Å²) in [6.45, 7) is 3.11. The highest BCUT2D eigenvalue weighted by Crippen LogP contribution is 1.96. The molecule has 0 aromatic carbocycles. The second-order valence-electron chi connectivity index (χ2n) is 2.09. The molecule has 0 bridgehead atoms. The highest BCUT2D eigenvalue weighted by Gasteiger charge is 2.13. The second-order valence-corrected chi connectivity index (χ2v) is 2.09. The summed E-state index contributed by atoms with van der Waals surface area (Å²) < 4.78 is 10.5. The van der Waals surface area contributed by atoms with E-state index >= 15 is 0 Å². The lowest BCUT2D eigenvalue weighted by Crippen LogP contribution is -2.80. The van der Waals surface area contributed by atoms with E-state index in [-0.39, 0.29) is 6.10 Å². The highest BCUT2D eigenvalue weighted by atomic mass is 16.6. The molecule has 0 spiro atoms. The summed E-state index contributed by atoms with van der Waals surface area (Å²) in [5.41, 5.74) is 0. The van der Waals surface area contributed by atoms with Crippen LogP contribution in [0.15, 0.2) is 0 Å². The summed E-state index contributed by atoms with van der Waals surface area (Å²) in [5, 5.41) is 1.86. The molecule has 1 unspecified atom stereocenters. The van der Waals surface area contributed by atoms with E-state index in [1.54, 1.807) is 0 Å². The first-order valence-corrected chi connectivity index (χ1v) is 3.23. The van der Waals surface area contributed by atoms with Crippen molar-refractivity contribution in [2.24, 2.45) is 0 Å². The van der Waals surface area contributed by atoms with E-state index < -0.39 is 0 Å². The predicted molar refractivity (Wildman–Crippen MR) is 32.7 cm³/mol. The van der Waals surface area contributed by atoms with Crippen LogP contribution < -0.4 is 5.32 Å². The van der Waals surface area contributed by atoms with Crippen molar-refractivity contribution < 1.29 is 14.8 Å². The summed E-state index contributed by atoms with van der Waals surface area (Å²) >= 11 is 0. The van der Waals surface area contributed by atoms with Crippen molar-refractivity contribution in [3.63, 3.8) is 0 Å². The smallest absolute Gasteiger partial charge is 0.127 e. The Morgan fingerprint density at radius 3 is 3.00 bits per heavy atom. The van der Waals surface area contributed by atoms with Gasteiger partial charge in [-0.3, -0.25) is 0 Å². The number of nitrogens with two attached hydrogens (primary N) is 1. The zero-order chi connectivity index (χ0) is 6.53. The van der Waals surface area contributed by atoms with Gasteiger partial charge in [0.2, 0.25) is 0 Å². The second kappa shape index (κ2) is 3.82. The third kappa shape index (κ3) is 2.30. The normalized spacial score (nSPS) is 28.3. The molecule has 54 valence electrons. The average molecular weight is 131 g/mol. The van der Waals surface area contributed by atoms with Crippen molar-refractivity contribution >= 4 is 0 Å². The van der Waals surface area contributed by atoms with Crippen molar-refractivity contribution in [2.45, 2.75) is 6.10 Å². The fourth-order valence-electron chi connectivity index (χ4n) is 0.859. The van der Waals surface area contributed by atoms with Crippen molar-refractivity contribution in [3.8, 4) is 0 Å².